The third-order valence-electron chi connectivity index (χ3n) is 3.98. The van der Waals surface area contributed by atoms with Gasteiger partial charge in [0.15, 0.2) is 0 Å². The van der Waals surface area contributed by atoms with Crippen LogP contribution in [0.1, 0.15) is 45.4 Å². The predicted octanol–water partition coefficient (Wildman–Crippen LogP) is 2.04. The number of hydrogen-bond donors (Lipinski definition) is 2. The first-order valence-electron chi connectivity index (χ1n) is 6.90. The monoisotopic (exact) mass is 240 g/mol. The molecule has 1 aliphatic carbocycles. The zero-order valence-electron chi connectivity index (χ0n) is 10.7. The van der Waals surface area contributed by atoms with Crippen molar-refractivity contribution in [2.45, 2.75) is 57.5 Å². The Morgan fingerprint density at radius 1 is 1.24 bits per heavy atom. The van der Waals surface area contributed by atoms with E-state index < -0.39 is 0 Å². The number of ether oxygens (including phenoxy) is 1. The number of rotatable bonds is 3. The van der Waals surface area contributed by atoms with E-state index in [4.69, 9.17) is 4.74 Å². The first-order valence-corrected chi connectivity index (χ1v) is 6.90. The molecule has 2 atom stereocenters. The van der Waals surface area contributed by atoms with Crippen LogP contribution in [0.15, 0.2) is 0 Å². The molecule has 2 amide bonds. The summed E-state index contributed by atoms with van der Waals surface area (Å²) in [6.45, 7) is 3.55. The summed E-state index contributed by atoms with van der Waals surface area (Å²) in [5, 5.41) is 6.04. The van der Waals surface area contributed by atoms with Gasteiger partial charge in [-0.15, -0.1) is 0 Å². The molecule has 0 bridgehead atoms. The van der Waals surface area contributed by atoms with Crippen molar-refractivity contribution >= 4 is 6.03 Å². The van der Waals surface area contributed by atoms with E-state index in [2.05, 4.69) is 17.6 Å². The van der Waals surface area contributed by atoms with Crippen LogP contribution in [0, 0.1) is 5.92 Å². The molecule has 0 spiro atoms. The highest BCUT2D eigenvalue weighted by molar-refractivity contribution is 5.74. The smallest absolute Gasteiger partial charge is 0.315 e. The zero-order valence-corrected chi connectivity index (χ0v) is 10.7. The SMILES string of the molecule is CC(NC(=O)NC1CCOC1)C1CCCCC1. The lowest BCUT2D eigenvalue weighted by Gasteiger charge is -2.28. The van der Waals surface area contributed by atoms with E-state index in [1.807, 2.05) is 0 Å². The number of nitrogens with one attached hydrogen (secondary N) is 2. The molecule has 4 heteroatoms. The van der Waals surface area contributed by atoms with Crippen LogP contribution >= 0.6 is 0 Å². The molecule has 1 aliphatic heterocycles. The Balaban J connectivity index is 1.69. The summed E-state index contributed by atoms with van der Waals surface area (Å²) in [6, 6.07) is 0.463. The Kier molecular flexibility index (Phi) is 4.66. The molecule has 2 unspecified atom stereocenters. The van der Waals surface area contributed by atoms with Crippen LogP contribution in [0.3, 0.4) is 0 Å². The molecule has 2 aliphatic rings. The van der Waals surface area contributed by atoms with Crippen molar-refractivity contribution in [3.63, 3.8) is 0 Å². The summed E-state index contributed by atoms with van der Waals surface area (Å²) in [6.07, 6.45) is 7.44. The van der Waals surface area contributed by atoms with Gasteiger partial charge in [0.25, 0.3) is 0 Å². The second-order valence-electron chi connectivity index (χ2n) is 5.37. The van der Waals surface area contributed by atoms with Gasteiger partial charge in [0, 0.05) is 12.6 Å². The number of amides is 2. The summed E-state index contributed by atoms with van der Waals surface area (Å²) in [4.78, 5) is 11.8. The van der Waals surface area contributed by atoms with E-state index in [1.54, 1.807) is 0 Å². The Morgan fingerprint density at radius 3 is 2.65 bits per heavy atom. The molecule has 1 heterocycles. The molecular formula is C13H24N2O2. The third-order valence-corrected chi connectivity index (χ3v) is 3.98. The Labute approximate surface area is 103 Å². The maximum Gasteiger partial charge on any atom is 0.315 e. The van der Waals surface area contributed by atoms with Gasteiger partial charge in [0.1, 0.15) is 0 Å². The van der Waals surface area contributed by atoms with E-state index in [0.29, 0.717) is 12.5 Å². The van der Waals surface area contributed by atoms with E-state index in [-0.39, 0.29) is 18.1 Å². The summed E-state index contributed by atoms with van der Waals surface area (Å²) in [7, 11) is 0. The minimum atomic E-state index is -0.0291. The molecule has 2 rings (SSSR count). The fraction of sp³-hybridized carbons (Fsp3) is 0.923. The van der Waals surface area contributed by atoms with Crippen LogP contribution in [-0.4, -0.2) is 31.3 Å². The highest BCUT2D eigenvalue weighted by atomic mass is 16.5. The Bertz CT molecular complexity index is 246. The highest BCUT2D eigenvalue weighted by Gasteiger charge is 2.23. The van der Waals surface area contributed by atoms with E-state index in [9.17, 15) is 4.79 Å². The van der Waals surface area contributed by atoms with Crippen LogP contribution in [0.5, 0.6) is 0 Å². The van der Waals surface area contributed by atoms with Gasteiger partial charge in [-0.1, -0.05) is 19.3 Å². The quantitative estimate of drug-likeness (QED) is 0.793. The van der Waals surface area contributed by atoms with Crippen LogP contribution in [0.2, 0.25) is 0 Å². The van der Waals surface area contributed by atoms with Crippen molar-refractivity contribution in [3.05, 3.63) is 0 Å². The fourth-order valence-electron chi connectivity index (χ4n) is 2.83. The molecule has 0 aromatic rings. The molecule has 2 fully saturated rings. The van der Waals surface area contributed by atoms with Gasteiger partial charge < -0.3 is 15.4 Å². The second kappa shape index (κ2) is 6.24. The van der Waals surface area contributed by atoms with Crippen molar-refractivity contribution in [3.8, 4) is 0 Å². The highest BCUT2D eigenvalue weighted by Crippen LogP contribution is 2.26. The number of hydrogen-bond acceptors (Lipinski definition) is 2. The molecule has 98 valence electrons. The summed E-state index contributed by atoms with van der Waals surface area (Å²) in [5.41, 5.74) is 0. The van der Waals surface area contributed by atoms with Crippen molar-refractivity contribution in [2.24, 2.45) is 5.92 Å². The van der Waals surface area contributed by atoms with Gasteiger partial charge in [0.05, 0.1) is 12.6 Å². The lowest BCUT2D eigenvalue weighted by molar-refractivity contribution is 0.187. The molecule has 0 radical (unpaired) electrons. The Morgan fingerprint density at radius 2 is 2.00 bits per heavy atom. The van der Waals surface area contributed by atoms with Gasteiger partial charge in [0.2, 0.25) is 0 Å². The topological polar surface area (TPSA) is 50.4 Å². The van der Waals surface area contributed by atoms with Crippen LogP contribution < -0.4 is 10.6 Å². The van der Waals surface area contributed by atoms with E-state index in [0.717, 1.165) is 13.0 Å². The average Bonchev–Trinajstić information content (AvgIpc) is 2.82. The number of carbonyl (C=O) groups is 1. The van der Waals surface area contributed by atoms with Gasteiger partial charge in [-0.2, -0.15) is 0 Å². The maximum absolute atomic E-state index is 11.8. The van der Waals surface area contributed by atoms with Gasteiger partial charge in [-0.25, -0.2) is 4.79 Å². The molecule has 17 heavy (non-hydrogen) atoms. The molecule has 4 nitrogen and oxygen atoms in total. The second-order valence-corrected chi connectivity index (χ2v) is 5.37. The van der Waals surface area contributed by atoms with Crippen LogP contribution in [0.25, 0.3) is 0 Å². The van der Waals surface area contributed by atoms with Gasteiger partial charge in [-0.3, -0.25) is 0 Å². The summed E-state index contributed by atoms with van der Waals surface area (Å²) >= 11 is 0. The standard InChI is InChI=1S/C13H24N2O2/c1-10(11-5-3-2-4-6-11)14-13(16)15-12-7-8-17-9-12/h10-12H,2-9H2,1H3,(H2,14,15,16). The van der Waals surface area contributed by atoms with Crippen molar-refractivity contribution in [2.75, 3.05) is 13.2 Å². The predicted molar refractivity (Wildman–Crippen MR) is 66.9 cm³/mol. The minimum absolute atomic E-state index is 0.0291. The third kappa shape index (κ3) is 3.87. The zero-order chi connectivity index (χ0) is 12.1. The number of urea groups is 1. The number of carbonyl (C=O) groups excluding carboxylic acids is 1. The van der Waals surface area contributed by atoms with E-state index >= 15 is 0 Å². The minimum Gasteiger partial charge on any atom is -0.379 e. The fourth-order valence-corrected chi connectivity index (χ4v) is 2.83. The molecule has 0 aromatic carbocycles. The summed E-state index contributed by atoms with van der Waals surface area (Å²) < 4.78 is 5.24. The van der Waals surface area contributed by atoms with Crippen LogP contribution in [-0.2, 0) is 4.74 Å². The average molecular weight is 240 g/mol. The normalized spacial score (nSPS) is 27.7. The van der Waals surface area contributed by atoms with Gasteiger partial charge >= 0.3 is 6.03 Å². The molecule has 1 saturated carbocycles. The first-order chi connectivity index (χ1) is 8.25. The van der Waals surface area contributed by atoms with Gasteiger partial charge in [-0.05, 0) is 32.1 Å². The Hall–Kier alpha value is -0.770. The molecule has 2 N–H and O–H groups in total. The summed E-state index contributed by atoms with van der Waals surface area (Å²) in [5.74, 6) is 0.661. The van der Waals surface area contributed by atoms with Crippen molar-refractivity contribution in [1.82, 2.24) is 10.6 Å². The van der Waals surface area contributed by atoms with Crippen molar-refractivity contribution in [1.29, 1.82) is 0 Å². The first kappa shape index (κ1) is 12.7. The largest absolute Gasteiger partial charge is 0.379 e. The lowest BCUT2D eigenvalue weighted by atomic mass is 9.85. The molecule has 0 aromatic heterocycles. The molecule has 1 saturated heterocycles. The molecular weight excluding hydrogens is 216 g/mol. The van der Waals surface area contributed by atoms with Crippen molar-refractivity contribution < 1.29 is 9.53 Å². The van der Waals surface area contributed by atoms with E-state index in [1.165, 1.54) is 32.1 Å². The lowest BCUT2D eigenvalue weighted by Crippen LogP contribution is -2.48. The van der Waals surface area contributed by atoms with Crippen LogP contribution in [0.4, 0.5) is 4.79 Å². The maximum atomic E-state index is 11.8.